The van der Waals surface area contributed by atoms with E-state index in [-0.39, 0.29) is 33.6 Å². The van der Waals surface area contributed by atoms with Crippen molar-refractivity contribution in [1.82, 2.24) is 5.32 Å². The number of carbonyl (C=O) groups is 2. The Morgan fingerprint density at radius 1 is 0.932 bits per heavy atom. The average Bonchev–Trinajstić information content (AvgIpc) is 3.38. The zero-order chi connectivity index (χ0) is 32.1. The summed E-state index contributed by atoms with van der Waals surface area (Å²) in [4.78, 5) is 22.8. The minimum absolute atomic E-state index is 0.00813. The van der Waals surface area contributed by atoms with Crippen molar-refractivity contribution in [2.45, 2.75) is 112 Å². The summed E-state index contributed by atoms with van der Waals surface area (Å²) in [6, 6.07) is 7.51. The topological polar surface area (TPSA) is 86.6 Å². The van der Waals surface area contributed by atoms with Crippen molar-refractivity contribution in [3.8, 4) is 0 Å². The summed E-state index contributed by atoms with van der Waals surface area (Å²) in [6.45, 7) is 20.0. The van der Waals surface area contributed by atoms with E-state index in [0.717, 1.165) is 37.8 Å². The van der Waals surface area contributed by atoms with E-state index in [4.69, 9.17) is 0 Å². The molecular formula is C39H57NO4. The van der Waals surface area contributed by atoms with Gasteiger partial charge in [0.25, 0.3) is 0 Å². The Kier molecular flexibility index (Phi) is 8.81. The first-order chi connectivity index (χ1) is 20.6. The molecule has 0 heterocycles. The quantitative estimate of drug-likeness (QED) is 0.232. The first kappa shape index (κ1) is 33.0. The lowest BCUT2D eigenvalue weighted by atomic mass is 9.36. The molecule has 0 aliphatic heterocycles. The zero-order valence-corrected chi connectivity index (χ0v) is 28.2. The number of rotatable bonds is 10. The molecule has 1 aromatic rings. The number of hydrogen-bond donors (Lipinski definition) is 3. The van der Waals surface area contributed by atoms with E-state index in [9.17, 15) is 19.8 Å². The molecule has 242 valence electrons. The van der Waals surface area contributed by atoms with Crippen molar-refractivity contribution < 1.29 is 19.8 Å². The molecule has 4 aliphatic rings. The van der Waals surface area contributed by atoms with Crippen molar-refractivity contribution in [2.75, 3.05) is 13.1 Å². The molecule has 7 atom stereocenters. The molecule has 5 rings (SSSR count). The number of benzene rings is 1. The largest absolute Gasteiger partial charge is 0.480 e. The fourth-order valence-corrected chi connectivity index (χ4v) is 11.3. The summed E-state index contributed by atoms with van der Waals surface area (Å²) in [5.74, 6) is 0.126. The smallest absolute Gasteiger partial charge is 0.335 e. The van der Waals surface area contributed by atoms with Gasteiger partial charge in [0.15, 0.2) is 0 Å². The minimum atomic E-state index is -0.876. The fourth-order valence-electron chi connectivity index (χ4n) is 11.3. The van der Waals surface area contributed by atoms with Crippen LogP contribution in [0.15, 0.2) is 42.5 Å². The lowest BCUT2D eigenvalue weighted by Crippen LogP contribution is -2.60. The second-order valence-electron chi connectivity index (χ2n) is 16.7. The molecule has 44 heavy (non-hydrogen) atoms. The predicted octanol–water partition coefficient (Wildman–Crippen LogP) is 9.24. The van der Waals surface area contributed by atoms with Crippen molar-refractivity contribution in [1.29, 1.82) is 0 Å². The number of aliphatic carboxylic acids is 1. The number of carboxylic acids is 2. The molecular weight excluding hydrogens is 546 g/mol. The fraction of sp³-hybridized carbons (Fsp3) is 0.692. The van der Waals surface area contributed by atoms with Crippen LogP contribution in [0.3, 0.4) is 0 Å². The summed E-state index contributed by atoms with van der Waals surface area (Å²) >= 11 is 0. The second-order valence-corrected chi connectivity index (χ2v) is 16.7. The Hall–Kier alpha value is -2.40. The molecule has 7 unspecified atom stereocenters. The number of fused-ring (bicyclic) bond motifs is 3. The van der Waals surface area contributed by atoms with Crippen LogP contribution >= 0.6 is 0 Å². The molecule has 0 aromatic heterocycles. The Labute approximate surface area is 266 Å². The molecule has 0 radical (unpaired) electrons. The molecule has 0 saturated heterocycles. The Morgan fingerprint density at radius 3 is 2.25 bits per heavy atom. The van der Waals surface area contributed by atoms with Crippen LogP contribution in [-0.4, -0.2) is 35.2 Å². The first-order valence-electron chi connectivity index (χ1n) is 17.2. The van der Waals surface area contributed by atoms with E-state index in [1.165, 1.54) is 56.1 Å². The first-order valence-corrected chi connectivity index (χ1v) is 17.2. The lowest BCUT2D eigenvalue weighted by molar-refractivity contribution is -0.172. The maximum atomic E-state index is 11.5. The van der Waals surface area contributed by atoms with Gasteiger partial charge in [-0.25, -0.2) is 4.79 Å². The van der Waals surface area contributed by atoms with E-state index in [1.807, 2.05) is 12.1 Å². The third-order valence-electron chi connectivity index (χ3n) is 14.1. The van der Waals surface area contributed by atoms with E-state index in [0.29, 0.717) is 23.3 Å². The van der Waals surface area contributed by atoms with Gasteiger partial charge in [-0.15, -0.1) is 0 Å². The molecule has 3 fully saturated rings. The molecule has 3 saturated carbocycles. The summed E-state index contributed by atoms with van der Waals surface area (Å²) in [5, 5.41) is 22.0. The highest BCUT2D eigenvalue weighted by Gasteiger charge is 2.64. The number of allylic oxidation sites excluding steroid dienone is 3. The SMILES string of the molecule is C=C(C)C1CCC(CCC2(C)CCCC3C4(C)CC=C(c5ccc(C(=O)O)cc5)C(C)(C)C4CCC32C)(CNCC(=O)O)C1. The van der Waals surface area contributed by atoms with Crippen LogP contribution in [0, 0.1) is 44.8 Å². The maximum absolute atomic E-state index is 11.5. The van der Waals surface area contributed by atoms with Gasteiger partial charge in [-0.3, -0.25) is 4.79 Å². The molecule has 0 bridgehead atoms. The predicted molar refractivity (Wildman–Crippen MR) is 178 cm³/mol. The number of nitrogens with one attached hydrogen (secondary N) is 1. The van der Waals surface area contributed by atoms with Crippen LogP contribution in [0.2, 0.25) is 0 Å². The van der Waals surface area contributed by atoms with Crippen LogP contribution in [0.4, 0.5) is 0 Å². The molecule has 4 aliphatic carbocycles. The van der Waals surface area contributed by atoms with Gasteiger partial charge < -0.3 is 15.5 Å². The van der Waals surface area contributed by atoms with Crippen LogP contribution in [0.1, 0.15) is 128 Å². The number of carboxylic acid groups (broad SMARTS) is 2. The van der Waals surface area contributed by atoms with Crippen LogP contribution in [0.25, 0.3) is 5.57 Å². The Morgan fingerprint density at radius 2 is 1.64 bits per heavy atom. The number of aromatic carboxylic acids is 1. The van der Waals surface area contributed by atoms with E-state index in [2.05, 4.69) is 59.5 Å². The van der Waals surface area contributed by atoms with Gasteiger partial charge in [-0.2, -0.15) is 0 Å². The van der Waals surface area contributed by atoms with Gasteiger partial charge in [0.1, 0.15) is 0 Å². The summed E-state index contributed by atoms with van der Waals surface area (Å²) in [5.41, 5.74) is 5.06. The highest BCUT2D eigenvalue weighted by Crippen LogP contribution is 2.72. The molecule has 0 spiro atoms. The molecule has 5 nitrogen and oxygen atoms in total. The lowest BCUT2D eigenvalue weighted by Gasteiger charge is -2.68. The summed E-state index contributed by atoms with van der Waals surface area (Å²) in [7, 11) is 0. The van der Waals surface area contributed by atoms with Gasteiger partial charge in [0, 0.05) is 6.54 Å². The average molecular weight is 604 g/mol. The highest BCUT2D eigenvalue weighted by atomic mass is 16.4. The van der Waals surface area contributed by atoms with Crippen molar-refractivity contribution in [3.05, 3.63) is 53.6 Å². The third kappa shape index (κ3) is 5.60. The van der Waals surface area contributed by atoms with Crippen LogP contribution < -0.4 is 5.32 Å². The zero-order valence-electron chi connectivity index (χ0n) is 28.2. The van der Waals surface area contributed by atoms with Crippen molar-refractivity contribution in [3.63, 3.8) is 0 Å². The Balaban J connectivity index is 1.39. The summed E-state index contributed by atoms with van der Waals surface area (Å²) in [6.07, 6.45) is 15.7. The van der Waals surface area contributed by atoms with Crippen molar-refractivity contribution >= 4 is 17.5 Å². The maximum Gasteiger partial charge on any atom is 0.335 e. The molecule has 5 heteroatoms. The monoisotopic (exact) mass is 603 g/mol. The van der Waals surface area contributed by atoms with E-state index >= 15 is 0 Å². The van der Waals surface area contributed by atoms with Crippen LogP contribution in [-0.2, 0) is 4.79 Å². The van der Waals surface area contributed by atoms with Gasteiger partial charge in [0.2, 0.25) is 0 Å². The van der Waals surface area contributed by atoms with Crippen LogP contribution in [0.5, 0.6) is 0 Å². The van der Waals surface area contributed by atoms with Gasteiger partial charge in [-0.05, 0) is 139 Å². The van der Waals surface area contributed by atoms with Gasteiger partial charge in [-0.1, -0.05) is 71.4 Å². The molecule has 0 amide bonds. The van der Waals surface area contributed by atoms with Crippen molar-refractivity contribution in [2.24, 2.45) is 44.8 Å². The minimum Gasteiger partial charge on any atom is -0.480 e. The Bertz CT molecular complexity index is 1310. The number of hydrogen-bond acceptors (Lipinski definition) is 3. The summed E-state index contributed by atoms with van der Waals surface area (Å²) < 4.78 is 0. The standard InChI is InChI=1S/C39H57NO4/c1-26(2)29-14-20-39(23-29,25-40-24-33(41)42)22-21-36(5)17-8-9-32-37(6)18-15-30(27-10-12-28(13-11-27)34(43)44)35(3,4)31(37)16-19-38(32,36)7/h10-13,15,29,31-32,40H,1,8-9,14,16-25H2,2-7H3,(H,41,42)(H,43,44). The second kappa shape index (κ2) is 11.8. The van der Waals surface area contributed by atoms with Gasteiger partial charge in [0.05, 0.1) is 12.1 Å². The van der Waals surface area contributed by atoms with E-state index in [1.54, 1.807) is 12.1 Å². The van der Waals surface area contributed by atoms with E-state index < -0.39 is 11.9 Å². The third-order valence-corrected chi connectivity index (χ3v) is 14.1. The van der Waals surface area contributed by atoms with Gasteiger partial charge >= 0.3 is 11.9 Å². The highest BCUT2D eigenvalue weighted by molar-refractivity contribution is 5.88. The molecule has 1 aromatic carbocycles. The normalized spacial score (nSPS) is 37.9. The molecule has 3 N–H and O–H groups in total.